The van der Waals surface area contributed by atoms with Gasteiger partial charge in [0.2, 0.25) is 0 Å². The molecule has 1 saturated heterocycles. The van der Waals surface area contributed by atoms with E-state index in [4.69, 9.17) is 4.74 Å². The topological polar surface area (TPSA) is 51.2 Å². The van der Waals surface area contributed by atoms with E-state index in [1.54, 1.807) is 0 Å². The number of amides is 1. The summed E-state index contributed by atoms with van der Waals surface area (Å²) < 4.78 is 18.6. The van der Waals surface area contributed by atoms with Crippen LogP contribution >= 0.6 is 0 Å². The highest BCUT2D eigenvalue weighted by molar-refractivity contribution is 5.94. The molecule has 1 fully saturated rings. The van der Waals surface area contributed by atoms with Crippen molar-refractivity contribution in [1.29, 1.82) is 0 Å². The smallest absolute Gasteiger partial charge is 0.254 e. The van der Waals surface area contributed by atoms with Crippen molar-refractivity contribution < 1.29 is 13.9 Å². The number of ether oxygens (including phenoxy) is 1. The van der Waals surface area contributed by atoms with Gasteiger partial charge in [-0.05, 0) is 24.8 Å². The lowest BCUT2D eigenvalue weighted by Gasteiger charge is -2.22. The van der Waals surface area contributed by atoms with Crippen LogP contribution in [0, 0.1) is 11.7 Å². The van der Waals surface area contributed by atoms with Crippen LogP contribution in [-0.4, -0.2) is 30.6 Å². The molecule has 0 bridgehead atoms. The zero-order chi connectivity index (χ0) is 12.1. The van der Waals surface area contributed by atoms with Crippen LogP contribution in [0.5, 0.6) is 0 Å². The number of carbonyl (C=O) groups excluding carboxylic acids is 1. The highest BCUT2D eigenvalue weighted by Crippen LogP contribution is 2.12. The summed E-state index contributed by atoms with van der Waals surface area (Å²) in [6.07, 6.45) is 4.50. The van der Waals surface area contributed by atoms with E-state index in [9.17, 15) is 9.18 Å². The highest BCUT2D eigenvalue weighted by atomic mass is 19.1. The lowest BCUT2D eigenvalue weighted by molar-refractivity contribution is 0.0536. The molecule has 4 nitrogen and oxygen atoms in total. The number of nitrogens with zero attached hydrogens (tertiary/aromatic N) is 1. The number of rotatable bonds is 3. The lowest BCUT2D eigenvalue weighted by Crippen LogP contribution is -2.33. The molecule has 0 aromatic carbocycles. The van der Waals surface area contributed by atoms with Gasteiger partial charge in [-0.3, -0.25) is 9.78 Å². The fraction of sp³-hybridized carbons (Fsp3) is 0.500. The van der Waals surface area contributed by atoms with Crippen molar-refractivity contribution in [3.05, 3.63) is 29.8 Å². The summed E-state index contributed by atoms with van der Waals surface area (Å²) in [5.74, 6) is -0.655. The second kappa shape index (κ2) is 5.72. The van der Waals surface area contributed by atoms with E-state index < -0.39 is 11.7 Å². The summed E-state index contributed by atoms with van der Waals surface area (Å²) in [6.45, 7) is 1.99. The number of aromatic nitrogens is 1. The van der Waals surface area contributed by atoms with Gasteiger partial charge >= 0.3 is 0 Å². The van der Waals surface area contributed by atoms with Crippen LogP contribution in [0.25, 0.3) is 0 Å². The molecule has 92 valence electrons. The molecule has 0 radical (unpaired) electrons. The predicted molar refractivity (Wildman–Crippen MR) is 60.1 cm³/mol. The van der Waals surface area contributed by atoms with Gasteiger partial charge in [0.1, 0.15) is 0 Å². The zero-order valence-electron chi connectivity index (χ0n) is 9.49. The SMILES string of the molecule is O=C(NCC1CCCOC1)c1ccncc1F. The van der Waals surface area contributed by atoms with Crippen LogP contribution < -0.4 is 5.32 Å². The number of hydrogen-bond acceptors (Lipinski definition) is 3. The fourth-order valence-corrected chi connectivity index (χ4v) is 1.86. The molecule has 0 aliphatic carbocycles. The average molecular weight is 238 g/mol. The van der Waals surface area contributed by atoms with Gasteiger partial charge in [-0.15, -0.1) is 0 Å². The molecule has 1 atom stereocenters. The standard InChI is InChI=1S/C12H15FN2O2/c13-11-7-14-4-3-10(11)12(16)15-6-9-2-1-5-17-8-9/h3-4,7,9H,1-2,5-6,8H2,(H,15,16). The Hall–Kier alpha value is -1.49. The van der Waals surface area contributed by atoms with Crippen LogP contribution in [0.1, 0.15) is 23.2 Å². The van der Waals surface area contributed by atoms with Gasteiger partial charge in [0.15, 0.2) is 5.82 Å². The summed E-state index contributed by atoms with van der Waals surface area (Å²) in [5, 5.41) is 2.72. The van der Waals surface area contributed by atoms with Crippen molar-refractivity contribution in [3.63, 3.8) is 0 Å². The molecule has 0 spiro atoms. The monoisotopic (exact) mass is 238 g/mol. The Morgan fingerprint density at radius 1 is 1.65 bits per heavy atom. The van der Waals surface area contributed by atoms with Crippen LogP contribution in [-0.2, 0) is 4.74 Å². The Kier molecular flexibility index (Phi) is 4.03. The summed E-state index contributed by atoms with van der Waals surface area (Å²) in [4.78, 5) is 15.3. The van der Waals surface area contributed by atoms with Crippen molar-refractivity contribution in [1.82, 2.24) is 10.3 Å². The van der Waals surface area contributed by atoms with E-state index in [0.29, 0.717) is 19.1 Å². The Labute approximate surface area is 99.2 Å². The maximum absolute atomic E-state index is 13.3. The maximum Gasteiger partial charge on any atom is 0.254 e. The first-order valence-electron chi connectivity index (χ1n) is 5.73. The number of carbonyl (C=O) groups is 1. The first-order chi connectivity index (χ1) is 8.27. The van der Waals surface area contributed by atoms with Crippen molar-refractivity contribution in [2.45, 2.75) is 12.8 Å². The molecule has 1 aromatic rings. The molecule has 5 heteroatoms. The molecule has 1 aromatic heterocycles. The zero-order valence-corrected chi connectivity index (χ0v) is 9.49. The average Bonchev–Trinajstić information content (AvgIpc) is 2.38. The third-order valence-corrected chi connectivity index (χ3v) is 2.82. The van der Waals surface area contributed by atoms with Gasteiger partial charge in [0.05, 0.1) is 18.4 Å². The molecule has 2 heterocycles. The van der Waals surface area contributed by atoms with Gasteiger partial charge in [0.25, 0.3) is 5.91 Å². The number of hydrogen-bond donors (Lipinski definition) is 1. The first kappa shape index (κ1) is 12.0. The van der Waals surface area contributed by atoms with Crippen molar-refractivity contribution >= 4 is 5.91 Å². The second-order valence-corrected chi connectivity index (χ2v) is 4.15. The summed E-state index contributed by atoms with van der Waals surface area (Å²) in [6, 6.07) is 1.38. The summed E-state index contributed by atoms with van der Waals surface area (Å²) >= 11 is 0. The molecule has 1 amide bonds. The van der Waals surface area contributed by atoms with E-state index in [1.807, 2.05) is 0 Å². The number of pyridine rings is 1. The third kappa shape index (κ3) is 3.23. The molecular weight excluding hydrogens is 223 g/mol. The fourth-order valence-electron chi connectivity index (χ4n) is 1.86. The first-order valence-corrected chi connectivity index (χ1v) is 5.73. The van der Waals surface area contributed by atoms with Crippen molar-refractivity contribution in [2.24, 2.45) is 5.92 Å². The Bertz CT molecular complexity index is 392. The predicted octanol–water partition coefficient (Wildman–Crippen LogP) is 1.38. The lowest BCUT2D eigenvalue weighted by atomic mass is 10.0. The van der Waals surface area contributed by atoms with Gasteiger partial charge in [-0.1, -0.05) is 0 Å². The molecule has 0 saturated carbocycles. The summed E-state index contributed by atoms with van der Waals surface area (Å²) in [5.41, 5.74) is 0.0386. The van der Waals surface area contributed by atoms with Crippen molar-refractivity contribution in [3.8, 4) is 0 Å². The summed E-state index contributed by atoms with van der Waals surface area (Å²) in [7, 11) is 0. The normalized spacial score (nSPS) is 19.9. The van der Waals surface area contributed by atoms with Gasteiger partial charge in [-0.25, -0.2) is 4.39 Å². The minimum atomic E-state index is -0.593. The van der Waals surface area contributed by atoms with Crippen LogP contribution in [0.4, 0.5) is 4.39 Å². The van der Waals surface area contributed by atoms with Gasteiger partial charge in [-0.2, -0.15) is 0 Å². The van der Waals surface area contributed by atoms with E-state index >= 15 is 0 Å². The molecular formula is C12H15FN2O2. The van der Waals surface area contributed by atoms with E-state index in [-0.39, 0.29) is 5.56 Å². The van der Waals surface area contributed by atoms with E-state index in [1.165, 1.54) is 12.3 Å². The molecule has 17 heavy (non-hydrogen) atoms. The van der Waals surface area contributed by atoms with Crippen molar-refractivity contribution in [2.75, 3.05) is 19.8 Å². The minimum absolute atomic E-state index is 0.0386. The number of nitrogens with one attached hydrogen (secondary N) is 1. The molecule has 1 aliphatic heterocycles. The Morgan fingerprint density at radius 2 is 2.53 bits per heavy atom. The van der Waals surface area contributed by atoms with Crippen LogP contribution in [0.3, 0.4) is 0 Å². The molecule has 2 rings (SSSR count). The molecule has 1 aliphatic rings. The minimum Gasteiger partial charge on any atom is -0.381 e. The quantitative estimate of drug-likeness (QED) is 0.865. The third-order valence-electron chi connectivity index (χ3n) is 2.82. The van der Waals surface area contributed by atoms with E-state index in [0.717, 1.165) is 25.6 Å². The van der Waals surface area contributed by atoms with E-state index in [2.05, 4.69) is 10.3 Å². The highest BCUT2D eigenvalue weighted by Gasteiger charge is 2.16. The maximum atomic E-state index is 13.3. The Morgan fingerprint density at radius 3 is 3.24 bits per heavy atom. The molecule has 1 N–H and O–H groups in total. The van der Waals surface area contributed by atoms with Gasteiger partial charge < -0.3 is 10.1 Å². The Balaban J connectivity index is 1.87. The number of halogens is 1. The molecule has 1 unspecified atom stereocenters. The second-order valence-electron chi connectivity index (χ2n) is 4.15. The van der Waals surface area contributed by atoms with Gasteiger partial charge in [0, 0.05) is 19.3 Å². The van der Waals surface area contributed by atoms with Crippen LogP contribution in [0.15, 0.2) is 18.5 Å². The largest absolute Gasteiger partial charge is 0.381 e. The van der Waals surface area contributed by atoms with Crippen LogP contribution in [0.2, 0.25) is 0 Å².